The minimum Gasteiger partial charge on any atom is -0.489 e. The van der Waals surface area contributed by atoms with Gasteiger partial charge in [0.15, 0.2) is 0 Å². The zero-order valence-corrected chi connectivity index (χ0v) is 17.9. The van der Waals surface area contributed by atoms with E-state index in [1.54, 1.807) is 20.2 Å². The highest BCUT2D eigenvalue weighted by Crippen LogP contribution is 2.35. The summed E-state index contributed by atoms with van der Waals surface area (Å²) < 4.78 is 5.86. The van der Waals surface area contributed by atoms with Gasteiger partial charge in [0.25, 0.3) is 5.91 Å². The van der Waals surface area contributed by atoms with Crippen molar-refractivity contribution in [3.63, 3.8) is 0 Å². The molecule has 2 aromatic rings. The van der Waals surface area contributed by atoms with Crippen LogP contribution in [0.2, 0.25) is 0 Å². The fraction of sp³-hybridized carbons (Fsp3) is 0.409. The zero-order valence-electron chi connectivity index (χ0n) is 17.9. The van der Waals surface area contributed by atoms with E-state index >= 15 is 0 Å². The molecule has 154 valence electrons. The van der Waals surface area contributed by atoms with Crippen molar-refractivity contribution in [3.05, 3.63) is 46.8 Å². The van der Waals surface area contributed by atoms with Gasteiger partial charge in [0, 0.05) is 32.4 Å². The topological polar surface area (TPSA) is 74.8 Å². The van der Waals surface area contributed by atoms with Crippen LogP contribution in [0.1, 0.15) is 33.7 Å². The van der Waals surface area contributed by atoms with Crippen molar-refractivity contribution in [2.24, 2.45) is 0 Å². The van der Waals surface area contributed by atoms with E-state index in [0.717, 1.165) is 28.3 Å². The van der Waals surface area contributed by atoms with E-state index in [1.807, 2.05) is 50.9 Å². The number of aromatic nitrogens is 1. The second kappa shape index (κ2) is 8.11. The number of ether oxygens (including phenoxy) is 1. The van der Waals surface area contributed by atoms with E-state index in [2.05, 4.69) is 10.3 Å². The van der Waals surface area contributed by atoms with Gasteiger partial charge in [-0.3, -0.25) is 14.6 Å². The van der Waals surface area contributed by atoms with Crippen molar-refractivity contribution in [3.8, 4) is 5.75 Å². The molecule has 7 heteroatoms. The molecule has 0 saturated heterocycles. The number of nitrogens with zero attached hydrogens (tertiary/aromatic N) is 3. The summed E-state index contributed by atoms with van der Waals surface area (Å²) in [5, 5.41) is 3.00. The Hall–Kier alpha value is -3.09. The van der Waals surface area contributed by atoms with Crippen molar-refractivity contribution in [1.82, 2.24) is 9.88 Å². The molecule has 1 aromatic heterocycles. The highest BCUT2D eigenvalue weighted by molar-refractivity contribution is 5.96. The molecule has 7 nitrogen and oxygen atoms in total. The molecule has 1 atom stereocenters. The molecule has 0 aliphatic carbocycles. The highest BCUT2D eigenvalue weighted by atomic mass is 16.5. The van der Waals surface area contributed by atoms with Crippen LogP contribution in [0, 0.1) is 20.8 Å². The molecule has 1 N–H and O–H groups in total. The lowest BCUT2D eigenvalue weighted by atomic mass is 10.1. The first-order chi connectivity index (χ1) is 13.7. The Morgan fingerprint density at radius 2 is 1.97 bits per heavy atom. The lowest BCUT2D eigenvalue weighted by molar-refractivity contribution is -0.116. The highest BCUT2D eigenvalue weighted by Gasteiger charge is 2.28. The van der Waals surface area contributed by atoms with Crippen LogP contribution in [0.3, 0.4) is 0 Å². The molecule has 2 amide bonds. The predicted octanol–water partition coefficient (Wildman–Crippen LogP) is 2.93. The van der Waals surface area contributed by atoms with E-state index in [4.69, 9.17) is 4.74 Å². The number of nitrogens with one attached hydrogen (secondary N) is 1. The summed E-state index contributed by atoms with van der Waals surface area (Å²) in [5.74, 6) is 0.555. The summed E-state index contributed by atoms with van der Waals surface area (Å²) >= 11 is 0. The molecule has 0 saturated carbocycles. The van der Waals surface area contributed by atoms with E-state index in [1.165, 1.54) is 4.90 Å². The Morgan fingerprint density at radius 1 is 1.24 bits per heavy atom. The summed E-state index contributed by atoms with van der Waals surface area (Å²) in [6.07, 6.45) is 0.272. The third-order valence-corrected chi connectivity index (χ3v) is 5.18. The summed E-state index contributed by atoms with van der Waals surface area (Å²) in [6.45, 7) is 6.20. The van der Waals surface area contributed by atoms with Gasteiger partial charge in [-0.15, -0.1) is 0 Å². The van der Waals surface area contributed by atoms with Crippen LogP contribution < -0.4 is 15.0 Å². The van der Waals surface area contributed by atoms with E-state index in [0.29, 0.717) is 17.9 Å². The SMILES string of the molecule is Cc1cc(C)c(NC(=O)CC2COc3ccc(C(=O)N(C)C)cc3N2C)c(C)n1. The average Bonchev–Trinajstić information content (AvgIpc) is 2.66. The van der Waals surface area contributed by atoms with Crippen molar-refractivity contribution in [1.29, 1.82) is 0 Å². The average molecular weight is 396 g/mol. The second-order valence-corrected chi connectivity index (χ2v) is 7.75. The molecule has 1 aromatic carbocycles. The number of pyridine rings is 1. The van der Waals surface area contributed by atoms with Crippen LogP contribution in [0.25, 0.3) is 0 Å². The minimum absolute atomic E-state index is 0.0705. The van der Waals surface area contributed by atoms with Gasteiger partial charge in [-0.25, -0.2) is 0 Å². The van der Waals surface area contributed by atoms with Crippen LogP contribution in [0.4, 0.5) is 11.4 Å². The number of benzene rings is 1. The summed E-state index contributed by atoms with van der Waals surface area (Å²) in [6, 6.07) is 7.21. The van der Waals surface area contributed by atoms with Gasteiger partial charge in [0.2, 0.25) is 5.91 Å². The van der Waals surface area contributed by atoms with Crippen molar-refractivity contribution >= 4 is 23.2 Å². The number of hydrogen-bond acceptors (Lipinski definition) is 5. The monoisotopic (exact) mass is 396 g/mol. The van der Waals surface area contributed by atoms with Gasteiger partial charge in [-0.05, 0) is 50.6 Å². The first-order valence-corrected chi connectivity index (χ1v) is 9.63. The van der Waals surface area contributed by atoms with E-state index in [-0.39, 0.29) is 24.3 Å². The van der Waals surface area contributed by atoms with Gasteiger partial charge in [0.1, 0.15) is 12.4 Å². The Balaban J connectivity index is 1.75. The molecule has 3 rings (SSSR count). The smallest absolute Gasteiger partial charge is 0.253 e. The maximum Gasteiger partial charge on any atom is 0.253 e. The largest absolute Gasteiger partial charge is 0.489 e. The molecular weight excluding hydrogens is 368 g/mol. The van der Waals surface area contributed by atoms with Crippen molar-refractivity contribution in [2.45, 2.75) is 33.2 Å². The molecule has 0 radical (unpaired) electrons. The van der Waals surface area contributed by atoms with Crippen molar-refractivity contribution in [2.75, 3.05) is 38.0 Å². The molecule has 1 aliphatic rings. The third kappa shape index (κ3) is 4.34. The molecular formula is C22H28N4O3. The minimum atomic E-state index is -0.133. The molecule has 29 heavy (non-hydrogen) atoms. The second-order valence-electron chi connectivity index (χ2n) is 7.75. The standard InChI is InChI=1S/C22H28N4O3/c1-13-9-14(2)23-15(3)21(13)24-20(27)11-17-12-29-19-8-7-16(22(28)25(4)5)10-18(19)26(17)6/h7-10,17H,11-12H2,1-6H3,(H,24,27). The van der Waals surface area contributed by atoms with Crippen LogP contribution in [0.5, 0.6) is 5.75 Å². The van der Waals surface area contributed by atoms with E-state index < -0.39 is 0 Å². The molecule has 1 aliphatic heterocycles. The Morgan fingerprint density at radius 3 is 2.62 bits per heavy atom. The van der Waals surface area contributed by atoms with Gasteiger partial charge in [-0.1, -0.05) is 0 Å². The van der Waals surface area contributed by atoms with Crippen LogP contribution in [0.15, 0.2) is 24.3 Å². The number of anilines is 2. The number of fused-ring (bicyclic) bond motifs is 1. The Labute approximate surface area is 171 Å². The number of rotatable bonds is 4. The van der Waals surface area contributed by atoms with Crippen LogP contribution in [-0.2, 0) is 4.79 Å². The molecule has 1 unspecified atom stereocenters. The lowest BCUT2D eigenvalue weighted by Crippen LogP contribution is -2.43. The Kier molecular flexibility index (Phi) is 5.77. The zero-order chi connectivity index (χ0) is 21.3. The maximum absolute atomic E-state index is 12.7. The first-order valence-electron chi connectivity index (χ1n) is 9.63. The lowest BCUT2D eigenvalue weighted by Gasteiger charge is -2.36. The summed E-state index contributed by atoms with van der Waals surface area (Å²) in [5.41, 5.74) is 4.89. The quantitative estimate of drug-likeness (QED) is 0.860. The number of likely N-dealkylation sites (N-methyl/N-ethyl adjacent to an activating group) is 1. The number of amides is 2. The number of carbonyl (C=O) groups excluding carboxylic acids is 2. The molecule has 2 heterocycles. The number of carbonyl (C=O) groups is 2. The fourth-order valence-electron chi connectivity index (χ4n) is 3.61. The van der Waals surface area contributed by atoms with Crippen LogP contribution >= 0.6 is 0 Å². The molecule has 0 bridgehead atoms. The van der Waals surface area contributed by atoms with Crippen molar-refractivity contribution < 1.29 is 14.3 Å². The van der Waals surface area contributed by atoms with Gasteiger partial charge in [0.05, 0.1) is 29.5 Å². The number of aryl methyl sites for hydroxylation is 3. The molecule has 0 fully saturated rings. The normalized spacial score (nSPS) is 15.4. The third-order valence-electron chi connectivity index (χ3n) is 5.18. The summed E-state index contributed by atoms with van der Waals surface area (Å²) in [7, 11) is 5.37. The van der Waals surface area contributed by atoms with Gasteiger partial charge >= 0.3 is 0 Å². The predicted molar refractivity (Wildman–Crippen MR) is 114 cm³/mol. The maximum atomic E-state index is 12.7. The number of hydrogen-bond donors (Lipinski definition) is 1. The van der Waals surface area contributed by atoms with Crippen LogP contribution in [-0.4, -0.2) is 55.5 Å². The molecule has 0 spiro atoms. The first kappa shape index (κ1) is 20.6. The fourth-order valence-corrected chi connectivity index (χ4v) is 3.61. The van der Waals surface area contributed by atoms with E-state index in [9.17, 15) is 9.59 Å². The Bertz CT molecular complexity index is 932. The van der Waals surface area contributed by atoms with Gasteiger partial charge < -0.3 is 19.9 Å². The summed E-state index contributed by atoms with van der Waals surface area (Å²) in [4.78, 5) is 33.0. The van der Waals surface area contributed by atoms with Gasteiger partial charge in [-0.2, -0.15) is 0 Å².